The van der Waals surface area contributed by atoms with Gasteiger partial charge in [-0.2, -0.15) is 0 Å². The summed E-state index contributed by atoms with van der Waals surface area (Å²) in [7, 11) is 0. The van der Waals surface area contributed by atoms with Crippen LogP contribution >= 0.6 is 0 Å². The first-order chi connectivity index (χ1) is 9.02. The van der Waals surface area contributed by atoms with Crippen molar-refractivity contribution in [1.82, 2.24) is 0 Å². The minimum atomic E-state index is 0.342. The van der Waals surface area contributed by atoms with Crippen molar-refractivity contribution in [3.63, 3.8) is 0 Å². The molecule has 0 saturated heterocycles. The summed E-state index contributed by atoms with van der Waals surface area (Å²) in [6, 6.07) is 8.99. The third-order valence-electron chi connectivity index (χ3n) is 4.63. The highest BCUT2D eigenvalue weighted by Gasteiger charge is 2.28. The summed E-state index contributed by atoms with van der Waals surface area (Å²) in [5, 5.41) is 0. The lowest BCUT2D eigenvalue weighted by Gasteiger charge is -2.35. The molecule has 0 heterocycles. The van der Waals surface area contributed by atoms with Crippen LogP contribution in [0.15, 0.2) is 24.3 Å². The van der Waals surface area contributed by atoms with E-state index in [1.54, 1.807) is 0 Å². The van der Waals surface area contributed by atoms with Gasteiger partial charge in [-0.1, -0.05) is 51.5 Å². The van der Waals surface area contributed by atoms with Crippen LogP contribution in [0.3, 0.4) is 0 Å². The molecule has 0 bridgehead atoms. The van der Waals surface area contributed by atoms with Crippen LogP contribution in [0.4, 0.5) is 0 Å². The predicted molar refractivity (Wildman–Crippen MR) is 80.5 cm³/mol. The molecule has 0 N–H and O–H groups in total. The van der Waals surface area contributed by atoms with Crippen molar-refractivity contribution in [2.45, 2.75) is 64.7 Å². The lowest BCUT2D eigenvalue weighted by molar-refractivity contribution is -0.108. The maximum absolute atomic E-state index is 10.6. The summed E-state index contributed by atoms with van der Waals surface area (Å²) in [5.41, 5.74) is 3.26. The van der Waals surface area contributed by atoms with Gasteiger partial charge in [-0.05, 0) is 47.6 Å². The number of benzene rings is 1. The minimum Gasteiger partial charge on any atom is -0.303 e. The van der Waals surface area contributed by atoms with Gasteiger partial charge in [0.25, 0.3) is 0 Å². The molecule has 1 aromatic rings. The fourth-order valence-electron chi connectivity index (χ4n) is 3.36. The largest absolute Gasteiger partial charge is 0.303 e. The standard InChI is InChI=1S/C18H26O/c1-14(10-12-19)15-6-8-16(9-7-15)17-5-4-11-18(2,3)13-17/h6-9,12,14,17H,4-5,10-11,13H2,1-3H3. The van der Waals surface area contributed by atoms with Crippen LogP contribution in [-0.2, 0) is 4.79 Å². The second kappa shape index (κ2) is 5.90. The van der Waals surface area contributed by atoms with Crippen LogP contribution in [0, 0.1) is 5.41 Å². The van der Waals surface area contributed by atoms with Crippen molar-refractivity contribution < 1.29 is 4.79 Å². The van der Waals surface area contributed by atoms with Crippen molar-refractivity contribution in [2.24, 2.45) is 5.41 Å². The highest BCUT2D eigenvalue weighted by molar-refractivity contribution is 5.51. The molecule has 0 amide bonds. The second-order valence-electron chi connectivity index (χ2n) is 6.93. The molecule has 1 fully saturated rings. The Bertz CT molecular complexity index is 416. The average Bonchev–Trinajstić information content (AvgIpc) is 2.38. The third kappa shape index (κ3) is 3.68. The SMILES string of the molecule is CC(CC=O)c1ccc(C2CCCC(C)(C)C2)cc1. The highest BCUT2D eigenvalue weighted by Crippen LogP contribution is 2.43. The van der Waals surface area contributed by atoms with Gasteiger partial charge in [-0.25, -0.2) is 0 Å². The molecule has 2 unspecified atom stereocenters. The number of hydrogen-bond acceptors (Lipinski definition) is 1. The molecule has 0 aliphatic heterocycles. The Labute approximate surface area is 117 Å². The Hall–Kier alpha value is -1.11. The number of hydrogen-bond donors (Lipinski definition) is 0. The topological polar surface area (TPSA) is 17.1 Å². The van der Waals surface area contributed by atoms with Gasteiger partial charge in [0.2, 0.25) is 0 Å². The number of aldehydes is 1. The summed E-state index contributed by atoms with van der Waals surface area (Å²) in [5.74, 6) is 1.06. The van der Waals surface area contributed by atoms with Crippen LogP contribution in [0.5, 0.6) is 0 Å². The van der Waals surface area contributed by atoms with Gasteiger partial charge in [0.05, 0.1) is 0 Å². The fraction of sp³-hybridized carbons (Fsp3) is 0.611. The Morgan fingerprint density at radius 3 is 2.58 bits per heavy atom. The van der Waals surface area contributed by atoms with Gasteiger partial charge in [0.15, 0.2) is 0 Å². The molecule has 1 saturated carbocycles. The van der Waals surface area contributed by atoms with E-state index in [1.165, 1.54) is 36.8 Å². The van der Waals surface area contributed by atoms with Crippen molar-refractivity contribution in [3.05, 3.63) is 35.4 Å². The van der Waals surface area contributed by atoms with Crippen molar-refractivity contribution in [1.29, 1.82) is 0 Å². The Morgan fingerprint density at radius 1 is 1.32 bits per heavy atom. The predicted octanol–water partition coefficient (Wildman–Crippen LogP) is 5.06. The molecule has 2 rings (SSSR count). The highest BCUT2D eigenvalue weighted by atomic mass is 16.1. The summed E-state index contributed by atoms with van der Waals surface area (Å²) >= 11 is 0. The van der Waals surface area contributed by atoms with Crippen molar-refractivity contribution in [2.75, 3.05) is 0 Å². The molecular weight excluding hydrogens is 232 g/mol. The van der Waals surface area contributed by atoms with Gasteiger partial charge in [0, 0.05) is 6.42 Å². The Kier molecular flexibility index (Phi) is 4.44. The summed E-state index contributed by atoms with van der Waals surface area (Å²) in [6.45, 7) is 6.90. The molecule has 1 aliphatic rings. The van der Waals surface area contributed by atoms with E-state index in [4.69, 9.17) is 0 Å². The second-order valence-corrected chi connectivity index (χ2v) is 6.93. The zero-order chi connectivity index (χ0) is 13.9. The van der Waals surface area contributed by atoms with Crippen LogP contribution in [0.25, 0.3) is 0 Å². The Morgan fingerprint density at radius 2 is 2.00 bits per heavy atom. The van der Waals surface area contributed by atoms with E-state index >= 15 is 0 Å². The maximum Gasteiger partial charge on any atom is 0.120 e. The lowest BCUT2D eigenvalue weighted by Crippen LogP contribution is -2.21. The van der Waals surface area contributed by atoms with Crippen molar-refractivity contribution >= 4 is 6.29 Å². The van der Waals surface area contributed by atoms with Gasteiger partial charge < -0.3 is 4.79 Å². The number of carbonyl (C=O) groups is 1. The summed E-state index contributed by atoms with van der Waals surface area (Å²) in [4.78, 5) is 10.6. The molecule has 0 aromatic heterocycles. The first-order valence-corrected chi connectivity index (χ1v) is 7.55. The van der Waals surface area contributed by atoms with Crippen LogP contribution in [0.1, 0.15) is 75.8 Å². The molecule has 1 heteroatoms. The minimum absolute atomic E-state index is 0.342. The Balaban J connectivity index is 2.07. The normalized spacial score (nSPS) is 23.8. The van der Waals surface area contributed by atoms with Gasteiger partial charge in [-0.15, -0.1) is 0 Å². The molecule has 104 valence electrons. The summed E-state index contributed by atoms with van der Waals surface area (Å²) < 4.78 is 0. The third-order valence-corrected chi connectivity index (χ3v) is 4.63. The van der Waals surface area contributed by atoms with E-state index in [9.17, 15) is 4.79 Å². The van der Waals surface area contributed by atoms with E-state index in [-0.39, 0.29) is 0 Å². The quantitative estimate of drug-likeness (QED) is 0.690. The molecule has 2 atom stereocenters. The lowest BCUT2D eigenvalue weighted by atomic mass is 9.70. The zero-order valence-electron chi connectivity index (χ0n) is 12.5. The van der Waals surface area contributed by atoms with E-state index in [0.717, 1.165) is 12.2 Å². The van der Waals surface area contributed by atoms with Gasteiger partial charge >= 0.3 is 0 Å². The first-order valence-electron chi connectivity index (χ1n) is 7.55. The van der Waals surface area contributed by atoms with Crippen LogP contribution in [-0.4, -0.2) is 6.29 Å². The van der Waals surface area contributed by atoms with Gasteiger partial charge in [-0.3, -0.25) is 0 Å². The zero-order valence-corrected chi connectivity index (χ0v) is 12.5. The average molecular weight is 258 g/mol. The van der Waals surface area contributed by atoms with E-state index < -0.39 is 0 Å². The number of carbonyl (C=O) groups excluding carboxylic acids is 1. The molecule has 0 radical (unpaired) electrons. The molecule has 1 aliphatic carbocycles. The summed E-state index contributed by atoms with van der Waals surface area (Å²) in [6.07, 6.45) is 6.97. The van der Waals surface area contributed by atoms with E-state index in [1.807, 2.05) is 0 Å². The molecule has 1 nitrogen and oxygen atoms in total. The fourth-order valence-corrected chi connectivity index (χ4v) is 3.36. The smallest absolute Gasteiger partial charge is 0.120 e. The molecule has 19 heavy (non-hydrogen) atoms. The van der Waals surface area contributed by atoms with Gasteiger partial charge in [0.1, 0.15) is 6.29 Å². The van der Waals surface area contributed by atoms with Crippen LogP contribution < -0.4 is 0 Å². The van der Waals surface area contributed by atoms with Crippen LogP contribution in [0.2, 0.25) is 0 Å². The van der Waals surface area contributed by atoms with E-state index in [0.29, 0.717) is 17.8 Å². The maximum atomic E-state index is 10.6. The number of rotatable bonds is 4. The molecule has 0 spiro atoms. The van der Waals surface area contributed by atoms with E-state index in [2.05, 4.69) is 45.0 Å². The first kappa shape index (κ1) is 14.3. The van der Waals surface area contributed by atoms with Crippen molar-refractivity contribution in [3.8, 4) is 0 Å². The molecular formula is C18H26O. The monoisotopic (exact) mass is 258 g/mol. The molecule has 1 aromatic carbocycles.